The van der Waals surface area contributed by atoms with Crippen molar-refractivity contribution < 1.29 is 14.7 Å². The van der Waals surface area contributed by atoms with Crippen molar-refractivity contribution in [2.75, 3.05) is 0 Å². The number of hydrogen-bond acceptors (Lipinski definition) is 2. The van der Waals surface area contributed by atoms with Gasteiger partial charge in [0.2, 0.25) is 0 Å². The number of carbonyl (C=O) groups excluding carboxylic acids is 1. The van der Waals surface area contributed by atoms with E-state index in [1.54, 1.807) is 6.20 Å². The second kappa shape index (κ2) is 9.36. The number of unbranched alkanes of at least 4 members (excludes halogenated alkanes) is 6. The van der Waals surface area contributed by atoms with Gasteiger partial charge in [0.15, 0.2) is 5.78 Å². The summed E-state index contributed by atoms with van der Waals surface area (Å²) in [5.74, 6) is -0.519. The average molecular weight is 265 g/mol. The van der Waals surface area contributed by atoms with Crippen molar-refractivity contribution >= 4 is 11.8 Å². The van der Waals surface area contributed by atoms with Gasteiger partial charge in [0.05, 0.1) is 5.69 Å². The van der Waals surface area contributed by atoms with Crippen LogP contribution in [0.1, 0.15) is 68.3 Å². The molecule has 0 unspecified atom stereocenters. The first-order chi connectivity index (χ1) is 9.20. The van der Waals surface area contributed by atoms with E-state index in [9.17, 15) is 9.59 Å². The first kappa shape index (κ1) is 15.5. The third-order valence-electron chi connectivity index (χ3n) is 3.19. The topological polar surface area (TPSA) is 70.2 Å². The van der Waals surface area contributed by atoms with Gasteiger partial charge in [-0.2, -0.15) is 0 Å². The molecule has 1 aromatic rings. The maximum absolute atomic E-state index is 11.7. The Labute approximate surface area is 114 Å². The number of carboxylic acid groups (broad SMARTS) is 1. The molecule has 0 bridgehead atoms. The van der Waals surface area contributed by atoms with Crippen molar-refractivity contribution in [1.29, 1.82) is 0 Å². The Bertz CT molecular complexity index is 371. The lowest BCUT2D eigenvalue weighted by Crippen LogP contribution is -1.98. The number of aliphatic carboxylic acids is 1. The minimum Gasteiger partial charge on any atom is -0.481 e. The number of aromatic nitrogens is 1. The maximum atomic E-state index is 11.7. The number of Topliss-reactive ketones (excluding diaryl/α,β-unsaturated/α-hetero) is 1. The number of aromatic amines is 1. The van der Waals surface area contributed by atoms with Gasteiger partial charge in [-0.15, -0.1) is 0 Å². The van der Waals surface area contributed by atoms with Crippen molar-refractivity contribution in [3.05, 3.63) is 24.0 Å². The highest BCUT2D eigenvalue weighted by molar-refractivity contribution is 5.94. The molecule has 106 valence electrons. The molecule has 19 heavy (non-hydrogen) atoms. The molecule has 0 spiro atoms. The van der Waals surface area contributed by atoms with Crippen molar-refractivity contribution in [3.63, 3.8) is 0 Å². The van der Waals surface area contributed by atoms with Gasteiger partial charge in [0.1, 0.15) is 0 Å². The predicted octanol–water partition coefficient (Wildman–Crippen LogP) is 3.79. The van der Waals surface area contributed by atoms with Crippen LogP contribution in [-0.4, -0.2) is 21.8 Å². The lowest BCUT2D eigenvalue weighted by atomic mass is 10.1. The van der Waals surface area contributed by atoms with Crippen LogP contribution in [0.4, 0.5) is 0 Å². The minimum absolute atomic E-state index is 0.187. The number of nitrogens with one attached hydrogen (secondary N) is 1. The normalized spacial score (nSPS) is 10.5. The highest BCUT2D eigenvalue weighted by atomic mass is 16.4. The van der Waals surface area contributed by atoms with Crippen LogP contribution in [0.5, 0.6) is 0 Å². The number of rotatable bonds is 11. The number of hydrogen-bond donors (Lipinski definition) is 2. The van der Waals surface area contributed by atoms with Gasteiger partial charge in [-0.3, -0.25) is 9.59 Å². The monoisotopic (exact) mass is 265 g/mol. The van der Waals surface area contributed by atoms with Crippen LogP contribution in [0, 0.1) is 0 Å². The first-order valence-corrected chi connectivity index (χ1v) is 7.08. The van der Waals surface area contributed by atoms with Crippen LogP contribution < -0.4 is 0 Å². The molecule has 1 rings (SSSR count). The lowest BCUT2D eigenvalue weighted by molar-refractivity contribution is -0.137. The Balaban J connectivity index is 1.89. The van der Waals surface area contributed by atoms with Crippen molar-refractivity contribution in [2.24, 2.45) is 0 Å². The minimum atomic E-state index is -0.706. The molecule has 0 radical (unpaired) electrons. The molecule has 0 amide bonds. The van der Waals surface area contributed by atoms with Gasteiger partial charge in [0.25, 0.3) is 0 Å². The van der Waals surface area contributed by atoms with E-state index in [1.807, 2.05) is 12.1 Å². The number of H-pyrrole nitrogens is 1. The summed E-state index contributed by atoms with van der Waals surface area (Å²) in [6.45, 7) is 0. The molecule has 4 heteroatoms. The fourth-order valence-corrected chi connectivity index (χ4v) is 2.08. The number of ketones is 1. The van der Waals surface area contributed by atoms with Gasteiger partial charge in [0, 0.05) is 19.0 Å². The molecule has 0 saturated carbocycles. The van der Waals surface area contributed by atoms with E-state index in [-0.39, 0.29) is 12.2 Å². The molecular weight excluding hydrogens is 242 g/mol. The summed E-state index contributed by atoms with van der Waals surface area (Å²) in [5.41, 5.74) is 0.702. The molecule has 0 aliphatic carbocycles. The van der Waals surface area contributed by atoms with Crippen molar-refractivity contribution in [2.45, 2.75) is 57.8 Å². The van der Waals surface area contributed by atoms with E-state index in [0.717, 1.165) is 44.9 Å². The summed E-state index contributed by atoms with van der Waals surface area (Å²) >= 11 is 0. The fourth-order valence-electron chi connectivity index (χ4n) is 2.08. The summed E-state index contributed by atoms with van der Waals surface area (Å²) in [7, 11) is 0. The molecular formula is C15H23NO3. The van der Waals surface area contributed by atoms with Crippen LogP contribution in [0.15, 0.2) is 18.3 Å². The van der Waals surface area contributed by atoms with Gasteiger partial charge in [-0.1, -0.05) is 32.1 Å². The summed E-state index contributed by atoms with van der Waals surface area (Å²) in [4.78, 5) is 24.9. The second-order valence-electron chi connectivity index (χ2n) is 4.88. The standard InChI is InChI=1S/C15H23NO3/c17-14(13-9-8-12-16-13)10-6-4-2-1-3-5-7-11-15(18)19/h8-9,12,16H,1-7,10-11H2,(H,18,19). The van der Waals surface area contributed by atoms with Gasteiger partial charge in [-0.25, -0.2) is 0 Å². The van der Waals surface area contributed by atoms with Gasteiger partial charge < -0.3 is 10.1 Å². The molecule has 0 atom stereocenters. The molecule has 1 heterocycles. The maximum Gasteiger partial charge on any atom is 0.303 e. The molecule has 4 nitrogen and oxygen atoms in total. The van der Waals surface area contributed by atoms with Crippen molar-refractivity contribution in [3.8, 4) is 0 Å². The van der Waals surface area contributed by atoms with E-state index in [1.165, 1.54) is 0 Å². The Kier molecular flexibility index (Phi) is 7.63. The third-order valence-corrected chi connectivity index (χ3v) is 3.19. The van der Waals surface area contributed by atoms with E-state index in [0.29, 0.717) is 12.1 Å². The summed E-state index contributed by atoms with van der Waals surface area (Å²) in [5, 5.41) is 8.48. The molecule has 0 saturated heterocycles. The predicted molar refractivity (Wildman–Crippen MR) is 74.3 cm³/mol. The van der Waals surface area contributed by atoms with Crippen LogP contribution in [0.3, 0.4) is 0 Å². The van der Waals surface area contributed by atoms with E-state index >= 15 is 0 Å². The second-order valence-corrected chi connectivity index (χ2v) is 4.88. The molecule has 1 aromatic heterocycles. The van der Waals surface area contributed by atoms with Crippen LogP contribution in [0.2, 0.25) is 0 Å². The van der Waals surface area contributed by atoms with Gasteiger partial charge >= 0.3 is 5.97 Å². The smallest absolute Gasteiger partial charge is 0.303 e. The highest BCUT2D eigenvalue weighted by Gasteiger charge is 2.05. The third kappa shape index (κ3) is 7.44. The zero-order valence-electron chi connectivity index (χ0n) is 11.4. The molecule has 0 aliphatic heterocycles. The molecule has 0 aliphatic rings. The van der Waals surface area contributed by atoms with Gasteiger partial charge in [-0.05, 0) is 25.0 Å². The summed E-state index contributed by atoms with van der Waals surface area (Å²) in [6.07, 6.45) is 9.81. The zero-order chi connectivity index (χ0) is 13.9. The Morgan fingerprint density at radius 1 is 0.947 bits per heavy atom. The Hall–Kier alpha value is -1.58. The zero-order valence-corrected chi connectivity index (χ0v) is 11.4. The summed E-state index contributed by atoms with van der Waals surface area (Å²) < 4.78 is 0. The Morgan fingerprint density at radius 2 is 1.53 bits per heavy atom. The number of carbonyl (C=O) groups is 2. The van der Waals surface area contributed by atoms with Crippen LogP contribution in [0.25, 0.3) is 0 Å². The molecule has 2 N–H and O–H groups in total. The fraction of sp³-hybridized carbons (Fsp3) is 0.600. The summed E-state index contributed by atoms with van der Waals surface area (Å²) in [6, 6.07) is 3.65. The number of carboxylic acids is 1. The molecule has 0 fully saturated rings. The first-order valence-electron chi connectivity index (χ1n) is 7.08. The average Bonchev–Trinajstić information content (AvgIpc) is 2.90. The molecule has 0 aromatic carbocycles. The lowest BCUT2D eigenvalue weighted by Gasteiger charge is -2.01. The van der Waals surface area contributed by atoms with E-state index < -0.39 is 5.97 Å². The van der Waals surface area contributed by atoms with Crippen molar-refractivity contribution in [1.82, 2.24) is 4.98 Å². The Morgan fingerprint density at radius 3 is 2.05 bits per heavy atom. The van der Waals surface area contributed by atoms with E-state index in [2.05, 4.69) is 4.98 Å². The SMILES string of the molecule is O=C(O)CCCCCCCCCC(=O)c1ccc[nH]1. The van der Waals surface area contributed by atoms with E-state index in [4.69, 9.17) is 5.11 Å². The highest BCUT2D eigenvalue weighted by Crippen LogP contribution is 2.11. The van der Waals surface area contributed by atoms with Crippen LogP contribution >= 0.6 is 0 Å². The van der Waals surface area contributed by atoms with Crippen LogP contribution in [-0.2, 0) is 4.79 Å². The largest absolute Gasteiger partial charge is 0.481 e. The quantitative estimate of drug-likeness (QED) is 0.472.